The predicted molar refractivity (Wildman–Crippen MR) is 52.6 cm³/mol. The molecule has 0 radical (unpaired) electrons. The fourth-order valence-electron chi connectivity index (χ4n) is 1.17. The van der Waals surface area contributed by atoms with Gasteiger partial charge < -0.3 is 0 Å². The zero-order chi connectivity index (χ0) is 8.85. The Balaban J connectivity index is 4.79. The largest absolute Gasteiger partial charge is 0.0988 e. The molecule has 0 aliphatic heterocycles. The third-order valence-electron chi connectivity index (χ3n) is 2.04. The zero-order valence-electron chi connectivity index (χ0n) is 8.07. The van der Waals surface area contributed by atoms with Crippen LogP contribution in [0.2, 0.25) is 0 Å². The van der Waals surface area contributed by atoms with Crippen molar-refractivity contribution in [1.82, 2.24) is 0 Å². The third-order valence-corrected chi connectivity index (χ3v) is 2.04. The van der Waals surface area contributed by atoms with Gasteiger partial charge in [-0.05, 0) is 38.3 Å². The lowest BCUT2D eigenvalue weighted by Crippen LogP contribution is -1.86. The molecule has 0 N–H and O–H groups in total. The van der Waals surface area contributed by atoms with E-state index in [4.69, 9.17) is 0 Å². The van der Waals surface area contributed by atoms with E-state index in [1.165, 1.54) is 16.7 Å². The molecule has 0 aliphatic rings. The molecule has 0 heteroatoms. The van der Waals surface area contributed by atoms with Crippen LogP contribution in [0.5, 0.6) is 0 Å². The van der Waals surface area contributed by atoms with Gasteiger partial charge in [0, 0.05) is 0 Å². The van der Waals surface area contributed by atoms with E-state index in [2.05, 4.69) is 40.3 Å². The Morgan fingerprint density at radius 2 is 1.91 bits per heavy atom. The fourth-order valence-corrected chi connectivity index (χ4v) is 1.17. The molecule has 0 spiro atoms. The molecule has 0 aromatic heterocycles. The Labute approximate surface area is 70.3 Å². The summed E-state index contributed by atoms with van der Waals surface area (Å²) in [6, 6.07) is 0. The minimum atomic E-state index is 1.09. The minimum Gasteiger partial charge on any atom is -0.0988 e. The van der Waals surface area contributed by atoms with Crippen LogP contribution in [0.1, 0.15) is 34.1 Å². The molecule has 62 valence electrons. The SMILES string of the molecule is C=C/C(C)=C(CC)\C(C)=C/C. The average molecular weight is 150 g/mol. The fraction of sp³-hybridized carbons (Fsp3) is 0.455. The summed E-state index contributed by atoms with van der Waals surface area (Å²) >= 11 is 0. The van der Waals surface area contributed by atoms with Gasteiger partial charge in [0.1, 0.15) is 0 Å². The highest BCUT2D eigenvalue weighted by Crippen LogP contribution is 2.18. The Kier molecular flexibility index (Phi) is 4.60. The second kappa shape index (κ2) is 4.95. The molecule has 0 saturated carbocycles. The van der Waals surface area contributed by atoms with Gasteiger partial charge in [-0.1, -0.05) is 31.2 Å². The summed E-state index contributed by atoms with van der Waals surface area (Å²) in [7, 11) is 0. The highest BCUT2D eigenvalue weighted by molar-refractivity contribution is 5.36. The van der Waals surface area contributed by atoms with Crippen molar-refractivity contribution in [3.8, 4) is 0 Å². The van der Waals surface area contributed by atoms with Gasteiger partial charge in [0.25, 0.3) is 0 Å². The van der Waals surface area contributed by atoms with E-state index < -0.39 is 0 Å². The normalized spacial score (nSPS) is 14.4. The predicted octanol–water partition coefficient (Wildman–Crippen LogP) is 3.87. The van der Waals surface area contributed by atoms with Gasteiger partial charge in [0.05, 0.1) is 0 Å². The maximum absolute atomic E-state index is 3.76. The van der Waals surface area contributed by atoms with E-state index in [1.807, 2.05) is 6.08 Å². The van der Waals surface area contributed by atoms with E-state index in [0.29, 0.717) is 0 Å². The van der Waals surface area contributed by atoms with Crippen LogP contribution in [-0.4, -0.2) is 0 Å². The topological polar surface area (TPSA) is 0 Å². The highest BCUT2D eigenvalue weighted by Gasteiger charge is 1.98. The second-order valence-electron chi connectivity index (χ2n) is 2.69. The average Bonchev–Trinajstić information content (AvgIpc) is 2.05. The van der Waals surface area contributed by atoms with Crippen LogP contribution in [0.3, 0.4) is 0 Å². The molecule has 0 atom stereocenters. The summed E-state index contributed by atoms with van der Waals surface area (Å²) < 4.78 is 0. The van der Waals surface area contributed by atoms with Gasteiger partial charge in [-0.15, -0.1) is 0 Å². The maximum Gasteiger partial charge on any atom is -0.0302 e. The van der Waals surface area contributed by atoms with Gasteiger partial charge in [0.15, 0.2) is 0 Å². The van der Waals surface area contributed by atoms with Crippen molar-refractivity contribution in [2.45, 2.75) is 34.1 Å². The van der Waals surface area contributed by atoms with Crippen LogP contribution < -0.4 is 0 Å². The number of allylic oxidation sites excluding steroid dienone is 5. The molecule has 0 aromatic carbocycles. The first-order valence-electron chi connectivity index (χ1n) is 4.12. The van der Waals surface area contributed by atoms with Crippen LogP contribution >= 0.6 is 0 Å². The summed E-state index contributed by atoms with van der Waals surface area (Å²) in [6.07, 6.45) is 5.16. The Bertz CT molecular complexity index is 192. The van der Waals surface area contributed by atoms with Gasteiger partial charge >= 0.3 is 0 Å². The molecule has 0 heterocycles. The Morgan fingerprint density at radius 3 is 2.18 bits per heavy atom. The lowest BCUT2D eigenvalue weighted by Gasteiger charge is -2.06. The molecular weight excluding hydrogens is 132 g/mol. The molecule has 0 aliphatic carbocycles. The standard InChI is InChI=1S/C11H18/c1-6-9(4)11(8-3)10(5)7-2/h6-7H,1,8H2,2-5H3/b10-7-,11-9-. The van der Waals surface area contributed by atoms with E-state index in [0.717, 1.165) is 6.42 Å². The quantitative estimate of drug-likeness (QED) is 0.536. The van der Waals surface area contributed by atoms with Crippen molar-refractivity contribution in [3.63, 3.8) is 0 Å². The second-order valence-corrected chi connectivity index (χ2v) is 2.69. The number of rotatable bonds is 3. The molecule has 0 rings (SSSR count). The first-order chi connectivity index (χ1) is 5.17. The molecule has 0 aromatic rings. The van der Waals surface area contributed by atoms with Crippen molar-refractivity contribution in [2.75, 3.05) is 0 Å². The lowest BCUT2D eigenvalue weighted by molar-refractivity contribution is 1.07. The van der Waals surface area contributed by atoms with E-state index >= 15 is 0 Å². The van der Waals surface area contributed by atoms with Gasteiger partial charge in [-0.25, -0.2) is 0 Å². The maximum atomic E-state index is 3.76. The molecule has 0 nitrogen and oxygen atoms in total. The van der Waals surface area contributed by atoms with E-state index in [-0.39, 0.29) is 0 Å². The van der Waals surface area contributed by atoms with Crippen LogP contribution in [0.25, 0.3) is 0 Å². The molecule has 0 saturated heterocycles. The summed E-state index contributed by atoms with van der Waals surface area (Å²) in [6.45, 7) is 12.3. The molecule has 0 amide bonds. The number of hydrogen-bond donors (Lipinski definition) is 0. The van der Waals surface area contributed by atoms with Crippen LogP contribution in [0.15, 0.2) is 35.5 Å². The van der Waals surface area contributed by atoms with Crippen molar-refractivity contribution in [1.29, 1.82) is 0 Å². The van der Waals surface area contributed by atoms with Crippen LogP contribution in [0.4, 0.5) is 0 Å². The molecule has 0 bridgehead atoms. The Hall–Kier alpha value is -0.780. The van der Waals surface area contributed by atoms with Crippen molar-refractivity contribution in [2.24, 2.45) is 0 Å². The lowest BCUT2D eigenvalue weighted by atomic mass is 9.99. The summed E-state index contributed by atoms with van der Waals surface area (Å²) in [5.41, 5.74) is 4.08. The first-order valence-corrected chi connectivity index (χ1v) is 4.12. The minimum absolute atomic E-state index is 1.09. The third kappa shape index (κ3) is 2.75. The summed E-state index contributed by atoms with van der Waals surface area (Å²) in [5.74, 6) is 0. The number of hydrogen-bond acceptors (Lipinski definition) is 0. The van der Waals surface area contributed by atoms with E-state index in [9.17, 15) is 0 Å². The summed E-state index contributed by atoms with van der Waals surface area (Å²) in [4.78, 5) is 0. The van der Waals surface area contributed by atoms with Gasteiger partial charge in [0.2, 0.25) is 0 Å². The van der Waals surface area contributed by atoms with Gasteiger partial charge in [-0.3, -0.25) is 0 Å². The van der Waals surface area contributed by atoms with Crippen LogP contribution in [0, 0.1) is 0 Å². The van der Waals surface area contributed by atoms with E-state index in [1.54, 1.807) is 0 Å². The zero-order valence-corrected chi connectivity index (χ0v) is 8.07. The van der Waals surface area contributed by atoms with Crippen molar-refractivity contribution < 1.29 is 0 Å². The van der Waals surface area contributed by atoms with Crippen LogP contribution in [-0.2, 0) is 0 Å². The molecule has 0 unspecified atom stereocenters. The monoisotopic (exact) mass is 150 g/mol. The summed E-state index contributed by atoms with van der Waals surface area (Å²) in [5, 5.41) is 0. The smallest absolute Gasteiger partial charge is 0.0302 e. The van der Waals surface area contributed by atoms with Gasteiger partial charge in [-0.2, -0.15) is 0 Å². The highest BCUT2D eigenvalue weighted by atomic mass is 14.0. The molecular formula is C11H18. The molecule has 11 heavy (non-hydrogen) atoms. The first kappa shape index (κ1) is 10.2. The van der Waals surface area contributed by atoms with Crippen molar-refractivity contribution >= 4 is 0 Å². The Morgan fingerprint density at radius 1 is 1.36 bits per heavy atom. The van der Waals surface area contributed by atoms with Crippen molar-refractivity contribution in [3.05, 3.63) is 35.5 Å². The molecule has 0 fully saturated rings.